The maximum atomic E-state index is 13.4. The Bertz CT molecular complexity index is 827. The van der Waals surface area contributed by atoms with Crippen LogP contribution in [0.25, 0.3) is 22.1 Å². The largest absolute Gasteiger partial charge is 0.458 e. The van der Waals surface area contributed by atoms with Crippen molar-refractivity contribution in [2.24, 2.45) is 0 Å². The van der Waals surface area contributed by atoms with Crippen molar-refractivity contribution in [3.63, 3.8) is 0 Å². The minimum Gasteiger partial charge on any atom is -0.458 e. The first-order valence-electron chi connectivity index (χ1n) is 7.44. The fraction of sp³-hybridized carbons (Fsp3) is 0.222. The molecule has 3 aromatic rings. The predicted octanol–water partition coefficient (Wildman–Crippen LogP) is 3.77. The molecule has 2 heterocycles. The Hall–Kier alpha value is -2.17. The average molecular weight is 296 g/mol. The van der Waals surface area contributed by atoms with Crippen LogP contribution in [0, 0.1) is 5.82 Å². The number of hydrogen-bond donors (Lipinski definition) is 1. The molecule has 0 bridgehead atoms. The number of benzene rings is 2. The van der Waals surface area contributed by atoms with Crippen LogP contribution >= 0.6 is 0 Å². The van der Waals surface area contributed by atoms with Gasteiger partial charge >= 0.3 is 0 Å². The molecular formula is C18H17FN2O. The van der Waals surface area contributed by atoms with Gasteiger partial charge in [-0.05, 0) is 48.5 Å². The molecule has 1 unspecified atom stereocenters. The Morgan fingerprint density at radius 1 is 1.14 bits per heavy atom. The molecule has 22 heavy (non-hydrogen) atoms. The van der Waals surface area contributed by atoms with Crippen molar-refractivity contribution in [2.75, 3.05) is 20.1 Å². The fourth-order valence-electron chi connectivity index (χ4n) is 3.03. The number of rotatable bonds is 2. The highest BCUT2D eigenvalue weighted by molar-refractivity contribution is 5.84. The summed E-state index contributed by atoms with van der Waals surface area (Å²) in [5.41, 5.74) is 2.73. The smallest absolute Gasteiger partial charge is 0.137 e. The number of nitrogens with zero attached hydrogens (tertiary/aromatic N) is 1. The minimum atomic E-state index is -0.220. The standard InChI is InChI=1S/C18H17FN2O/c1-21-8-7-20-18(21)17-11-14-9-13(5-6-16(14)22-17)12-3-2-4-15(19)10-12/h2-6,9-11,18,20H,7-8H2,1H3. The van der Waals surface area contributed by atoms with E-state index in [4.69, 9.17) is 4.42 Å². The van der Waals surface area contributed by atoms with E-state index in [1.165, 1.54) is 6.07 Å². The SMILES string of the molecule is CN1CCNC1c1cc2cc(-c3cccc(F)c3)ccc2o1. The monoisotopic (exact) mass is 296 g/mol. The van der Waals surface area contributed by atoms with Gasteiger partial charge in [0.15, 0.2) is 0 Å². The molecule has 1 aromatic heterocycles. The number of halogens is 1. The molecule has 4 rings (SSSR count). The molecule has 0 radical (unpaired) electrons. The molecule has 2 aromatic carbocycles. The van der Waals surface area contributed by atoms with Gasteiger partial charge in [0.25, 0.3) is 0 Å². The van der Waals surface area contributed by atoms with Gasteiger partial charge in [0.1, 0.15) is 23.3 Å². The average Bonchev–Trinajstić information content (AvgIpc) is 3.11. The summed E-state index contributed by atoms with van der Waals surface area (Å²) in [7, 11) is 2.08. The van der Waals surface area contributed by atoms with Gasteiger partial charge in [-0.3, -0.25) is 10.2 Å². The van der Waals surface area contributed by atoms with Gasteiger partial charge in [-0.25, -0.2) is 4.39 Å². The first kappa shape index (κ1) is 13.5. The van der Waals surface area contributed by atoms with E-state index in [1.807, 2.05) is 24.3 Å². The molecule has 112 valence electrons. The molecule has 1 aliphatic rings. The van der Waals surface area contributed by atoms with E-state index < -0.39 is 0 Å². The van der Waals surface area contributed by atoms with E-state index in [2.05, 4.69) is 23.3 Å². The van der Waals surface area contributed by atoms with Crippen LogP contribution in [0.4, 0.5) is 4.39 Å². The Labute approximate surface area is 128 Å². The van der Waals surface area contributed by atoms with E-state index in [0.29, 0.717) is 0 Å². The summed E-state index contributed by atoms with van der Waals surface area (Å²) in [4.78, 5) is 2.23. The van der Waals surface area contributed by atoms with Gasteiger partial charge in [-0.15, -0.1) is 0 Å². The topological polar surface area (TPSA) is 28.4 Å². The molecule has 1 aliphatic heterocycles. The first-order chi connectivity index (χ1) is 10.7. The predicted molar refractivity (Wildman–Crippen MR) is 85.0 cm³/mol. The minimum absolute atomic E-state index is 0.130. The Kier molecular flexibility index (Phi) is 3.21. The highest BCUT2D eigenvalue weighted by atomic mass is 19.1. The summed E-state index contributed by atoms with van der Waals surface area (Å²) in [6, 6.07) is 14.7. The van der Waals surface area contributed by atoms with E-state index >= 15 is 0 Å². The molecule has 3 nitrogen and oxygen atoms in total. The van der Waals surface area contributed by atoms with Crippen LogP contribution in [0.3, 0.4) is 0 Å². The zero-order valence-electron chi connectivity index (χ0n) is 12.3. The van der Waals surface area contributed by atoms with Gasteiger partial charge in [-0.1, -0.05) is 18.2 Å². The Balaban J connectivity index is 1.75. The second-order valence-corrected chi connectivity index (χ2v) is 5.75. The second-order valence-electron chi connectivity index (χ2n) is 5.75. The number of nitrogens with one attached hydrogen (secondary N) is 1. The molecule has 0 amide bonds. The summed E-state index contributed by atoms with van der Waals surface area (Å²) in [5, 5.41) is 4.46. The van der Waals surface area contributed by atoms with Crippen LogP contribution in [0.2, 0.25) is 0 Å². The van der Waals surface area contributed by atoms with E-state index in [-0.39, 0.29) is 12.0 Å². The zero-order valence-corrected chi connectivity index (χ0v) is 12.3. The second kappa shape index (κ2) is 5.23. The van der Waals surface area contributed by atoms with E-state index in [0.717, 1.165) is 40.9 Å². The Morgan fingerprint density at radius 3 is 2.77 bits per heavy atom. The molecule has 0 spiro atoms. The van der Waals surface area contributed by atoms with Crippen LogP contribution in [-0.4, -0.2) is 25.0 Å². The van der Waals surface area contributed by atoms with E-state index in [9.17, 15) is 4.39 Å². The Morgan fingerprint density at radius 2 is 2.00 bits per heavy atom. The summed E-state index contributed by atoms with van der Waals surface area (Å²) in [6.07, 6.45) is 0.130. The summed E-state index contributed by atoms with van der Waals surface area (Å²) < 4.78 is 19.3. The van der Waals surface area contributed by atoms with Crippen molar-refractivity contribution in [1.29, 1.82) is 0 Å². The molecule has 4 heteroatoms. The normalized spacial score (nSPS) is 19.1. The van der Waals surface area contributed by atoms with Crippen molar-refractivity contribution in [3.05, 3.63) is 60.1 Å². The lowest BCUT2D eigenvalue weighted by Gasteiger charge is -2.15. The van der Waals surface area contributed by atoms with Crippen molar-refractivity contribution < 1.29 is 8.81 Å². The quantitative estimate of drug-likeness (QED) is 0.780. The van der Waals surface area contributed by atoms with Crippen LogP contribution < -0.4 is 5.32 Å². The van der Waals surface area contributed by atoms with Crippen molar-refractivity contribution in [1.82, 2.24) is 10.2 Å². The number of hydrogen-bond acceptors (Lipinski definition) is 3. The first-order valence-corrected chi connectivity index (χ1v) is 7.44. The molecule has 0 saturated carbocycles. The summed E-state index contributed by atoms with van der Waals surface area (Å²) >= 11 is 0. The summed E-state index contributed by atoms with van der Waals surface area (Å²) in [5.74, 6) is 0.702. The zero-order chi connectivity index (χ0) is 15.1. The molecule has 1 N–H and O–H groups in total. The fourth-order valence-corrected chi connectivity index (χ4v) is 3.03. The van der Waals surface area contributed by atoms with Crippen LogP contribution in [0.5, 0.6) is 0 Å². The lowest BCUT2D eigenvalue weighted by Crippen LogP contribution is -2.23. The molecule has 0 aliphatic carbocycles. The van der Waals surface area contributed by atoms with Gasteiger partial charge in [0.05, 0.1) is 0 Å². The van der Waals surface area contributed by atoms with Gasteiger partial charge in [0, 0.05) is 18.5 Å². The highest BCUT2D eigenvalue weighted by Gasteiger charge is 2.25. The number of furan rings is 1. The van der Waals surface area contributed by atoms with Crippen LogP contribution in [0.1, 0.15) is 11.9 Å². The van der Waals surface area contributed by atoms with E-state index in [1.54, 1.807) is 12.1 Å². The molecule has 1 fully saturated rings. The van der Waals surface area contributed by atoms with Crippen molar-refractivity contribution in [2.45, 2.75) is 6.17 Å². The van der Waals surface area contributed by atoms with Gasteiger partial charge in [0.2, 0.25) is 0 Å². The van der Waals surface area contributed by atoms with Crippen molar-refractivity contribution in [3.8, 4) is 11.1 Å². The molecule has 1 saturated heterocycles. The van der Waals surface area contributed by atoms with Crippen LogP contribution in [-0.2, 0) is 0 Å². The molecule has 1 atom stereocenters. The number of fused-ring (bicyclic) bond motifs is 1. The third-order valence-corrected chi connectivity index (χ3v) is 4.21. The maximum absolute atomic E-state index is 13.4. The molecular weight excluding hydrogens is 279 g/mol. The highest BCUT2D eigenvalue weighted by Crippen LogP contribution is 2.30. The van der Waals surface area contributed by atoms with Gasteiger partial charge in [-0.2, -0.15) is 0 Å². The summed E-state index contributed by atoms with van der Waals surface area (Å²) in [6.45, 7) is 1.98. The maximum Gasteiger partial charge on any atom is 0.137 e. The lowest BCUT2D eigenvalue weighted by atomic mass is 10.0. The van der Waals surface area contributed by atoms with Crippen molar-refractivity contribution >= 4 is 11.0 Å². The number of likely N-dealkylation sites (N-methyl/N-ethyl adjacent to an activating group) is 1. The third kappa shape index (κ3) is 2.30. The van der Waals surface area contributed by atoms with Crippen LogP contribution in [0.15, 0.2) is 52.9 Å². The van der Waals surface area contributed by atoms with Gasteiger partial charge < -0.3 is 4.42 Å². The lowest BCUT2D eigenvalue weighted by molar-refractivity contribution is 0.264. The third-order valence-electron chi connectivity index (χ3n) is 4.21.